The van der Waals surface area contributed by atoms with Crippen LogP contribution in [0.25, 0.3) is 0 Å². The summed E-state index contributed by atoms with van der Waals surface area (Å²) in [7, 11) is 0. The number of rotatable bonds is 2. The molecule has 2 N–H and O–H groups in total. The van der Waals surface area contributed by atoms with Crippen LogP contribution in [0.2, 0.25) is 0 Å². The lowest BCUT2D eigenvalue weighted by Crippen LogP contribution is -2.46. The van der Waals surface area contributed by atoms with E-state index in [9.17, 15) is 0 Å². The van der Waals surface area contributed by atoms with E-state index < -0.39 is 0 Å². The topological polar surface area (TPSA) is 38.5 Å². The summed E-state index contributed by atoms with van der Waals surface area (Å²) in [6.45, 7) is 5.27. The second-order valence-corrected chi connectivity index (χ2v) is 4.58. The minimum Gasteiger partial charge on any atom is -0.381 e. The van der Waals surface area contributed by atoms with Crippen molar-refractivity contribution in [3.8, 4) is 0 Å². The fraction of sp³-hybridized carbons (Fsp3) is 1.00. The Labute approximate surface area is 86.6 Å². The van der Waals surface area contributed by atoms with Gasteiger partial charge in [0, 0.05) is 25.8 Å². The lowest BCUT2D eigenvalue weighted by Gasteiger charge is -2.39. The number of likely N-dealkylation sites (tertiary alicyclic amines) is 1. The Kier molecular flexibility index (Phi) is 3.79. The Hall–Kier alpha value is -0.120. The largest absolute Gasteiger partial charge is 0.381 e. The molecule has 0 aromatic rings. The molecule has 2 saturated heterocycles. The maximum Gasteiger partial charge on any atom is 0.0480 e. The average Bonchev–Trinajstić information content (AvgIpc) is 2.30. The van der Waals surface area contributed by atoms with Gasteiger partial charge in [0.25, 0.3) is 0 Å². The quantitative estimate of drug-likeness (QED) is 0.714. The highest BCUT2D eigenvalue weighted by molar-refractivity contribution is 4.80. The number of nitrogens with two attached hydrogens (primary N) is 1. The van der Waals surface area contributed by atoms with Gasteiger partial charge < -0.3 is 10.5 Å². The molecule has 14 heavy (non-hydrogen) atoms. The van der Waals surface area contributed by atoms with E-state index in [4.69, 9.17) is 10.5 Å². The summed E-state index contributed by atoms with van der Waals surface area (Å²) in [6.07, 6.45) is 5.10. The van der Waals surface area contributed by atoms with E-state index in [1.165, 1.54) is 38.8 Å². The Morgan fingerprint density at radius 3 is 2.71 bits per heavy atom. The van der Waals surface area contributed by atoms with Crippen molar-refractivity contribution in [2.45, 2.75) is 31.7 Å². The molecule has 3 heteroatoms. The highest BCUT2D eigenvalue weighted by atomic mass is 16.5. The molecule has 0 bridgehead atoms. The third kappa shape index (κ3) is 2.47. The summed E-state index contributed by atoms with van der Waals surface area (Å²) in [6, 6.07) is 0.776. The molecule has 1 atom stereocenters. The van der Waals surface area contributed by atoms with Crippen LogP contribution in [0.1, 0.15) is 25.7 Å². The Bertz CT molecular complexity index is 169. The lowest BCUT2D eigenvalue weighted by atomic mass is 9.95. The van der Waals surface area contributed by atoms with Crippen molar-refractivity contribution in [3.05, 3.63) is 0 Å². The SMILES string of the molecule is NC[C@H]1CCCN(C2CCOCC2)C1. The maximum absolute atomic E-state index is 5.74. The second kappa shape index (κ2) is 5.10. The summed E-state index contributed by atoms with van der Waals surface area (Å²) in [4.78, 5) is 2.64. The Morgan fingerprint density at radius 1 is 1.21 bits per heavy atom. The lowest BCUT2D eigenvalue weighted by molar-refractivity contribution is 0.0186. The van der Waals surface area contributed by atoms with E-state index in [2.05, 4.69) is 4.90 Å². The van der Waals surface area contributed by atoms with Crippen LogP contribution in [0.5, 0.6) is 0 Å². The minimum absolute atomic E-state index is 0.742. The van der Waals surface area contributed by atoms with Gasteiger partial charge in [0.05, 0.1) is 0 Å². The zero-order valence-corrected chi connectivity index (χ0v) is 8.95. The molecule has 82 valence electrons. The zero-order valence-electron chi connectivity index (χ0n) is 8.95. The molecule has 3 nitrogen and oxygen atoms in total. The van der Waals surface area contributed by atoms with Gasteiger partial charge in [-0.3, -0.25) is 4.90 Å². The van der Waals surface area contributed by atoms with Crippen LogP contribution in [0.15, 0.2) is 0 Å². The summed E-state index contributed by atoms with van der Waals surface area (Å²) >= 11 is 0. The number of hydrogen-bond acceptors (Lipinski definition) is 3. The Balaban J connectivity index is 1.83. The molecule has 0 saturated carbocycles. The first-order chi connectivity index (χ1) is 6.90. The highest BCUT2D eigenvalue weighted by Crippen LogP contribution is 2.22. The first kappa shape index (κ1) is 10.4. The number of hydrogen-bond donors (Lipinski definition) is 1. The second-order valence-electron chi connectivity index (χ2n) is 4.58. The van der Waals surface area contributed by atoms with Crippen LogP contribution in [0, 0.1) is 5.92 Å². The smallest absolute Gasteiger partial charge is 0.0480 e. The fourth-order valence-corrected chi connectivity index (χ4v) is 2.67. The Morgan fingerprint density at radius 2 is 2.00 bits per heavy atom. The molecule has 0 amide bonds. The van der Waals surface area contributed by atoms with Crippen molar-refractivity contribution >= 4 is 0 Å². The van der Waals surface area contributed by atoms with Crippen LogP contribution in [0.3, 0.4) is 0 Å². The van der Waals surface area contributed by atoms with Crippen LogP contribution in [-0.4, -0.2) is 43.8 Å². The van der Waals surface area contributed by atoms with Crippen LogP contribution in [0.4, 0.5) is 0 Å². The van der Waals surface area contributed by atoms with Gasteiger partial charge in [0.15, 0.2) is 0 Å². The van der Waals surface area contributed by atoms with Crippen molar-refractivity contribution in [3.63, 3.8) is 0 Å². The van der Waals surface area contributed by atoms with Crippen molar-refractivity contribution in [1.82, 2.24) is 4.90 Å². The molecule has 0 aromatic heterocycles. The van der Waals surface area contributed by atoms with Gasteiger partial charge in [-0.15, -0.1) is 0 Å². The molecule has 0 aromatic carbocycles. The predicted octanol–water partition coefficient (Wildman–Crippen LogP) is 0.836. The van der Waals surface area contributed by atoms with Gasteiger partial charge in [0.1, 0.15) is 0 Å². The summed E-state index contributed by atoms with van der Waals surface area (Å²) in [5.41, 5.74) is 5.74. The molecule has 2 fully saturated rings. The number of piperidine rings is 1. The molecule has 2 aliphatic heterocycles. The first-order valence-corrected chi connectivity index (χ1v) is 5.92. The predicted molar refractivity (Wildman–Crippen MR) is 57.2 cm³/mol. The molecule has 2 heterocycles. The molecule has 2 rings (SSSR count). The standard InChI is InChI=1S/C11H22N2O/c12-8-10-2-1-5-13(9-10)11-3-6-14-7-4-11/h10-11H,1-9,12H2/t10-/m1/s1. The molecule has 0 spiro atoms. The van der Waals surface area contributed by atoms with Crippen molar-refractivity contribution in [2.24, 2.45) is 11.7 Å². The van der Waals surface area contributed by atoms with E-state index in [1.54, 1.807) is 0 Å². The highest BCUT2D eigenvalue weighted by Gasteiger charge is 2.26. The molecule has 0 aliphatic carbocycles. The molecular weight excluding hydrogens is 176 g/mol. The molecule has 0 unspecified atom stereocenters. The van der Waals surface area contributed by atoms with Gasteiger partial charge in [0.2, 0.25) is 0 Å². The van der Waals surface area contributed by atoms with Gasteiger partial charge >= 0.3 is 0 Å². The van der Waals surface area contributed by atoms with Crippen LogP contribution < -0.4 is 5.73 Å². The minimum atomic E-state index is 0.742. The van der Waals surface area contributed by atoms with E-state index in [-0.39, 0.29) is 0 Å². The van der Waals surface area contributed by atoms with E-state index >= 15 is 0 Å². The van der Waals surface area contributed by atoms with Gasteiger partial charge in [-0.1, -0.05) is 0 Å². The van der Waals surface area contributed by atoms with Crippen molar-refractivity contribution in [2.75, 3.05) is 32.8 Å². The number of ether oxygens (including phenoxy) is 1. The third-order valence-corrected chi connectivity index (χ3v) is 3.59. The normalized spacial score (nSPS) is 31.9. The van der Waals surface area contributed by atoms with Crippen molar-refractivity contribution in [1.29, 1.82) is 0 Å². The number of nitrogens with zero attached hydrogens (tertiary/aromatic N) is 1. The average molecular weight is 198 g/mol. The maximum atomic E-state index is 5.74. The van der Waals surface area contributed by atoms with Gasteiger partial charge in [-0.25, -0.2) is 0 Å². The van der Waals surface area contributed by atoms with E-state index in [0.717, 1.165) is 31.7 Å². The van der Waals surface area contributed by atoms with E-state index in [1.807, 2.05) is 0 Å². The fourth-order valence-electron chi connectivity index (χ4n) is 2.67. The first-order valence-electron chi connectivity index (χ1n) is 5.92. The summed E-state index contributed by atoms with van der Waals surface area (Å²) in [5.74, 6) is 0.742. The zero-order chi connectivity index (χ0) is 9.80. The molecule has 0 radical (unpaired) electrons. The monoisotopic (exact) mass is 198 g/mol. The van der Waals surface area contributed by atoms with Crippen LogP contribution in [-0.2, 0) is 4.74 Å². The summed E-state index contributed by atoms with van der Waals surface area (Å²) in [5, 5.41) is 0. The van der Waals surface area contributed by atoms with Crippen molar-refractivity contribution < 1.29 is 4.74 Å². The van der Waals surface area contributed by atoms with Gasteiger partial charge in [-0.2, -0.15) is 0 Å². The molecule has 2 aliphatic rings. The third-order valence-electron chi connectivity index (χ3n) is 3.59. The van der Waals surface area contributed by atoms with Crippen LogP contribution >= 0.6 is 0 Å². The molecular formula is C11H22N2O. The summed E-state index contributed by atoms with van der Waals surface area (Å²) < 4.78 is 5.39. The van der Waals surface area contributed by atoms with Gasteiger partial charge in [-0.05, 0) is 44.7 Å². The van der Waals surface area contributed by atoms with E-state index in [0.29, 0.717) is 0 Å².